The summed E-state index contributed by atoms with van der Waals surface area (Å²) in [5, 5.41) is 6.97. The van der Waals surface area contributed by atoms with Crippen molar-refractivity contribution in [2.75, 3.05) is 0 Å². The Morgan fingerprint density at radius 2 is 0.977 bits per heavy atom. The number of furan rings is 1. The van der Waals surface area contributed by atoms with E-state index in [-0.39, 0.29) is 57.7 Å². The molecular formula is C42H26O. The van der Waals surface area contributed by atoms with Gasteiger partial charge in [0.25, 0.3) is 0 Å². The molecular weight excluding hydrogens is 520 g/mol. The molecule has 0 aliphatic rings. The van der Waals surface area contributed by atoms with Crippen LogP contribution >= 0.6 is 0 Å². The van der Waals surface area contributed by atoms with Crippen molar-refractivity contribution in [1.29, 1.82) is 0 Å². The molecule has 8 aromatic carbocycles. The number of benzene rings is 8. The number of hydrogen-bond acceptors (Lipinski definition) is 1. The third-order valence-electron chi connectivity index (χ3n) is 8.34. The van der Waals surface area contributed by atoms with Crippen LogP contribution in [0.4, 0.5) is 0 Å². The highest BCUT2D eigenvalue weighted by molar-refractivity contribution is 6.23. The van der Waals surface area contributed by atoms with Crippen molar-refractivity contribution < 1.29 is 14.0 Å². The number of para-hydroxylation sites is 1. The standard InChI is InChI=1S/C42H26O/c1-2-12-31-28(10-1)11-9-18-33(31)42-36-16-5-3-14-34(36)41(35-15-4-6-17-37(35)42)29-22-20-27(21-23-29)30-24-25-40-38(26-30)32-13-7-8-19-39(32)43-40/h1-26H/i7D,8D,13D,19D,24D,25D,26D. The molecule has 1 heterocycles. The fourth-order valence-corrected chi connectivity index (χ4v) is 6.42. The lowest BCUT2D eigenvalue weighted by Gasteiger charge is -2.19. The first-order valence-electron chi connectivity index (χ1n) is 17.7. The zero-order valence-electron chi connectivity index (χ0n) is 29.9. The number of fused-ring (bicyclic) bond motifs is 6. The van der Waals surface area contributed by atoms with Gasteiger partial charge in [-0.1, -0.05) is 139 Å². The van der Waals surface area contributed by atoms with Gasteiger partial charge in [0.1, 0.15) is 11.2 Å². The lowest BCUT2D eigenvalue weighted by molar-refractivity contribution is 0.669. The Kier molecular flexibility index (Phi) is 3.95. The molecule has 0 bridgehead atoms. The van der Waals surface area contributed by atoms with Crippen LogP contribution in [-0.4, -0.2) is 0 Å². The zero-order chi connectivity index (χ0) is 34.4. The van der Waals surface area contributed by atoms with Crippen molar-refractivity contribution >= 4 is 54.3 Å². The van der Waals surface area contributed by atoms with E-state index in [1.54, 1.807) is 0 Å². The molecule has 0 amide bonds. The highest BCUT2D eigenvalue weighted by Gasteiger charge is 2.18. The quantitative estimate of drug-likeness (QED) is 0.198. The van der Waals surface area contributed by atoms with E-state index < -0.39 is 12.1 Å². The van der Waals surface area contributed by atoms with Gasteiger partial charge in [0.2, 0.25) is 0 Å². The van der Waals surface area contributed by atoms with E-state index in [0.29, 0.717) is 5.56 Å². The lowest BCUT2D eigenvalue weighted by Crippen LogP contribution is -1.91. The van der Waals surface area contributed by atoms with Gasteiger partial charge in [0.15, 0.2) is 0 Å². The minimum Gasteiger partial charge on any atom is -0.456 e. The van der Waals surface area contributed by atoms with Crippen molar-refractivity contribution in [3.05, 3.63) is 158 Å². The molecule has 0 atom stereocenters. The summed E-state index contributed by atoms with van der Waals surface area (Å²) >= 11 is 0. The monoisotopic (exact) mass is 553 g/mol. The normalized spacial score (nSPS) is 14.0. The Bertz CT molecular complexity index is 2830. The van der Waals surface area contributed by atoms with Crippen LogP contribution in [0.3, 0.4) is 0 Å². The molecule has 1 aromatic heterocycles. The molecule has 0 saturated heterocycles. The fraction of sp³-hybridized carbons (Fsp3) is 0. The predicted molar refractivity (Wildman–Crippen MR) is 183 cm³/mol. The molecule has 0 radical (unpaired) electrons. The Labute approximate surface area is 259 Å². The lowest BCUT2D eigenvalue weighted by atomic mass is 9.84. The van der Waals surface area contributed by atoms with Gasteiger partial charge in [-0.15, -0.1) is 0 Å². The minimum absolute atomic E-state index is 0.0478. The smallest absolute Gasteiger partial charge is 0.135 e. The van der Waals surface area contributed by atoms with E-state index in [0.717, 1.165) is 32.7 Å². The Hall–Kier alpha value is -5.66. The maximum absolute atomic E-state index is 9.18. The first kappa shape index (κ1) is 18.0. The van der Waals surface area contributed by atoms with Crippen LogP contribution in [-0.2, 0) is 0 Å². The van der Waals surface area contributed by atoms with Crippen LogP contribution in [0.1, 0.15) is 9.60 Å². The van der Waals surface area contributed by atoms with Crippen molar-refractivity contribution in [2.24, 2.45) is 0 Å². The Morgan fingerprint density at radius 1 is 0.395 bits per heavy atom. The molecule has 0 fully saturated rings. The van der Waals surface area contributed by atoms with Crippen LogP contribution in [0.2, 0.25) is 0 Å². The second-order valence-corrected chi connectivity index (χ2v) is 10.7. The van der Waals surface area contributed by atoms with Gasteiger partial charge in [0, 0.05) is 10.8 Å². The molecule has 0 unspecified atom stereocenters. The van der Waals surface area contributed by atoms with E-state index in [9.17, 15) is 1.37 Å². The average Bonchev–Trinajstić information content (AvgIpc) is 3.56. The summed E-state index contributed by atoms with van der Waals surface area (Å²) in [6.07, 6.45) is 0. The molecule has 0 aliphatic heterocycles. The summed E-state index contributed by atoms with van der Waals surface area (Å²) in [5.41, 5.74) is 4.91. The molecule has 1 nitrogen and oxygen atoms in total. The zero-order valence-corrected chi connectivity index (χ0v) is 22.9. The largest absolute Gasteiger partial charge is 0.456 e. The first-order chi connectivity index (χ1) is 24.3. The SMILES string of the molecule is [2H]c1c([2H])c([2H])c2c(oc3c([2H])c([2H])c(-c4ccc(-c5c6ccccc6c(-c6cccc7ccccc67)c6ccccc56)cc4)c([2H])c32)c1[2H]. The fourth-order valence-electron chi connectivity index (χ4n) is 6.42. The molecule has 0 saturated carbocycles. The molecule has 200 valence electrons. The summed E-state index contributed by atoms with van der Waals surface area (Å²) in [7, 11) is 0. The summed E-state index contributed by atoms with van der Waals surface area (Å²) in [5.74, 6) is 0. The van der Waals surface area contributed by atoms with Gasteiger partial charge in [0.05, 0.1) is 9.60 Å². The maximum atomic E-state index is 9.18. The van der Waals surface area contributed by atoms with Gasteiger partial charge in [-0.2, -0.15) is 0 Å². The topological polar surface area (TPSA) is 13.1 Å². The second-order valence-electron chi connectivity index (χ2n) is 10.7. The molecule has 43 heavy (non-hydrogen) atoms. The van der Waals surface area contributed by atoms with Crippen molar-refractivity contribution in [3.63, 3.8) is 0 Å². The van der Waals surface area contributed by atoms with E-state index in [1.807, 2.05) is 24.3 Å². The summed E-state index contributed by atoms with van der Waals surface area (Å²) in [6.45, 7) is 0. The van der Waals surface area contributed by atoms with E-state index in [1.165, 1.54) is 21.9 Å². The predicted octanol–water partition coefficient (Wildman–Crippen LogP) is 12.0. The minimum atomic E-state index is -0.452. The van der Waals surface area contributed by atoms with Crippen LogP contribution in [0.5, 0.6) is 0 Å². The number of rotatable bonds is 3. The van der Waals surface area contributed by atoms with Gasteiger partial charge in [-0.05, 0) is 83.8 Å². The molecule has 0 N–H and O–H groups in total. The van der Waals surface area contributed by atoms with Crippen molar-refractivity contribution in [3.8, 4) is 33.4 Å². The summed E-state index contributed by atoms with van der Waals surface area (Å²) < 4.78 is 65.7. The van der Waals surface area contributed by atoms with Gasteiger partial charge < -0.3 is 4.42 Å². The van der Waals surface area contributed by atoms with E-state index in [2.05, 4.69) is 91.0 Å². The van der Waals surface area contributed by atoms with Crippen molar-refractivity contribution in [2.45, 2.75) is 0 Å². The number of hydrogen-bond donors (Lipinski definition) is 0. The van der Waals surface area contributed by atoms with Crippen LogP contribution in [0.15, 0.2) is 162 Å². The maximum Gasteiger partial charge on any atom is 0.135 e. The van der Waals surface area contributed by atoms with Gasteiger partial charge in [-0.3, -0.25) is 0 Å². The first-order valence-corrected chi connectivity index (χ1v) is 14.2. The van der Waals surface area contributed by atoms with Gasteiger partial charge in [-0.25, -0.2) is 0 Å². The van der Waals surface area contributed by atoms with Crippen LogP contribution < -0.4 is 0 Å². The van der Waals surface area contributed by atoms with Crippen LogP contribution in [0.25, 0.3) is 87.6 Å². The molecule has 0 spiro atoms. The average molecular weight is 554 g/mol. The highest BCUT2D eigenvalue weighted by Crippen LogP contribution is 2.45. The Balaban J connectivity index is 1.27. The molecule has 9 rings (SSSR count). The Morgan fingerprint density at radius 3 is 1.72 bits per heavy atom. The second kappa shape index (κ2) is 9.44. The molecule has 0 aliphatic carbocycles. The molecule has 9 aromatic rings. The van der Waals surface area contributed by atoms with E-state index in [4.69, 9.17) is 12.6 Å². The highest BCUT2D eigenvalue weighted by atomic mass is 16.3. The van der Waals surface area contributed by atoms with E-state index >= 15 is 0 Å². The van der Waals surface area contributed by atoms with Gasteiger partial charge >= 0.3 is 0 Å². The third kappa shape index (κ3) is 3.72. The van der Waals surface area contributed by atoms with Crippen molar-refractivity contribution in [1.82, 2.24) is 0 Å². The van der Waals surface area contributed by atoms with Crippen LogP contribution in [0, 0.1) is 0 Å². The molecule has 1 heteroatoms. The summed E-state index contributed by atoms with van der Waals surface area (Å²) in [6, 6.07) is 37.2. The summed E-state index contributed by atoms with van der Waals surface area (Å²) in [4.78, 5) is 0. The third-order valence-corrected chi connectivity index (χ3v) is 8.34.